The lowest BCUT2D eigenvalue weighted by Crippen LogP contribution is -2.65. The molecule has 12 atom stereocenters. The number of aliphatic hydroxyl groups is 8. The van der Waals surface area contributed by atoms with Gasteiger partial charge in [0.15, 0.2) is 12.6 Å². The number of aliphatic hydroxyl groups excluding tert-OH is 8. The molecular weight excluding hydrogens is 1050 g/mol. The van der Waals surface area contributed by atoms with Crippen LogP contribution in [0.2, 0.25) is 0 Å². The van der Waals surface area contributed by atoms with Crippen LogP contribution in [0.5, 0.6) is 0 Å². The Morgan fingerprint density at radius 2 is 0.831 bits per heavy atom. The molecule has 2 rings (SSSR count). The Balaban J connectivity index is 1.69. The van der Waals surface area contributed by atoms with Crippen LogP contribution in [0.15, 0.2) is 60.8 Å². The van der Waals surface area contributed by atoms with Crippen molar-refractivity contribution in [3.05, 3.63) is 60.8 Å². The van der Waals surface area contributed by atoms with Gasteiger partial charge in [0.2, 0.25) is 5.91 Å². The summed E-state index contributed by atoms with van der Waals surface area (Å²) in [5, 5.41) is 87.6. The second kappa shape index (κ2) is 53.9. The van der Waals surface area contributed by atoms with Gasteiger partial charge in [-0.05, 0) is 57.8 Å². The van der Waals surface area contributed by atoms with E-state index < -0.39 is 86.8 Å². The van der Waals surface area contributed by atoms with Crippen LogP contribution in [0, 0.1) is 0 Å². The second-order valence-electron chi connectivity index (χ2n) is 23.9. The number of allylic oxidation sites excluding steroid dienone is 10. The van der Waals surface area contributed by atoms with E-state index in [4.69, 9.17) is 18.9 Å². The molecule has 14 heteroatoms. The van der Waals surface area contributed by atoms with Gasteiger partial charge in [0.05, 0.1) is 32.0 Å². The predicted octanol–water partition coefficient (Wildman–Crippen LogP) is 13.3. The van der Waals surface area contributed by atoms with Gasteiger partial charge in [-0.1, -0.05) is 274 Å². The van der Waals surface area contributed by atoms with E-state index in [0.717, 1.165) is 89.9 Å². The highest BCUT2D eigenvalue weighted by molar-refractivity contribution is 5.76. The highest BCUT2D eigenvalue weighted by Gasteiger charge is 2.51. The van der Waals surface area contributed by atoms with E-state index in [0.29, 0.717) is 12.8 Å². The molecule has 0 radical (unpaired) electrons. The lowest BCUT2D eigenvalue weighted by Gasteiger charge is -2.46. The number of hydrogen-bond donors (Lipinski definition) is 9. The molecule has 12 unspecified atom stereocenters. The molecule has 484 valence electrons. The van der Waals surface area contributed by atoms with Crippen molar-refractivity contribution in [3.63, 3.8) is 0 Å². The van der Waals surface area contributed by atoms with Crippen LogP contribution in [0.25, 0.3) is 0 Å². The highest BCUT2D eigenvalue weighted by atomic mass is 16.7. The monoisotopic (exact) mass is 1180 g/mol. The number of carbonyl (C=O) groups is 1. The zero-order valence-corrected chi connectivity index (χ0v) is 52.4. The summed E-state index contributed by atoms with van der Waals surface area (Å²) >= 11 is 0. The smallest absolute Gasteiger partial charge is 0.220 e. The Morgan fingerprint density at radius 1 is 0.446 bits per heavy atom. The van der Waals surface area contributed by atoms with Crippen molar-refractivity contribution < 1.29 is 64.6 Å². The minimum absolute atomic E-state index is 0.209. The highest BCUT2D eigenvalue weighted by Crippen LogP contribution is 2.30. The van der Waals surface area contributed by atoms with Crippen molar-refractivity contribution in [3.8, 4) is 0 Å². The largest absolute Gasteiger partial charge is 0.394 e. The number of carbonyl (C=O) groups excluding carboxylic acids is 1. The summed E-state index contributed by atoms with van der Waals surface area (Å²) in [6.07, 6.45) is 53.6. The molecule has 2 aliphatic rings. The maximum Gasteiger partial charge on any atom is 0.220 e. The first-order valence-electron chi connectivity index (χ1n) is 34.0. The van der Waals surface area contributed by atoms with Gasteiger partial charge in [-0.2, -0.15) is 0 Å². The third kappa shape index (κ3) is 38.6. The minimum atomic E-state index is -1.78. The SMILES string of the molecule is CC/C=C\C/C=C\C/C=C\C/C=C\C/C=C\CCCCCCCCCCCCCC(=O)NC(COC1OC(CO)C(OC2OC(CO)C(O)C(O)C2O)C(O)C1O)C(O)CCCCCCCCCCCCCCCCCCCCCCCC. The van der Waals surface area contributed by atoms with Gasteiger partial charge in [-0.15, -0.1) is 0 Å². The molecule has 9 N–H and O–H groups in total. The topological polar surface area (TPSA) is 228 Å². The molecule has 1 amide bonds. The van der Waals surface area contributed by atoms with E-state index in [1.807, 2.05) is 0 Å². The van der Waals surface area contributed by atoms with Crippen molar-refractivity contribution in [2.24, 2.45) is 0 Å². The van der Waals surface area contributed by atoms with Crippen LogP contribution in [0.4, 0.5) is 0 Å². The van der Waals surface area contributed by atoms with Gasteiger partial charge in [0, 0.05) is 6.42 Å². The fourth-order valence-electron chi connectivity index (χ4n) is 11.1. The molecule has 0 spiro atoms. The first-order valence-corrected chi connectivity index (χ1v) is 34.0. The van der Waals surface area contributed by atoms with E-state index in [9.17, 15) is 45.6 Å². The summed E-state index contributed by atoms with van der Waals surface area (Å²) < 4.78 is 22.9. The van der Waals surface area contributed by atoms with Gasteiger partial charge in [0.25, 0.3) is 0 Å². The minimum Gasteiger partial charge on any atom is -0.394 e. The Labute approximate surface area is 505 Å². The maximum atomic E-state index is 13.3. The summed E-state index contributed by atoms with van der Waals surface area (Å²) in [6.45, 7) is 2.78. The number of hydrogen-bond acceptors (Lipinski definition) is 13. The predicted molar refractivity (Wildman–Crippen MR) is 337 cm³/mol. The van der Waals surface area contributed by atoms with Gasteiger partial charge in [-0.25, -0.2) is 0 Å². The zero-order chi connectivity index (χ0) is 60.2. The molecule has 83 heavy (non-hydrogen) atoms. The number of unbranched alkanes of at least 4 members (excludes halogenated alkanes) is 32. The average molecular weight is 1180 g/mol. The molecule has 0 aliphatic carbocycles. The van der Waals surface area contributed by atoms with Gasteiger partial charge >= 0.3 is 0 Å². The summed E-state index contributed by atoms with van der Waals surface area (Å²) in [5.41, 5.74) is 0. The Kier molecular flexibility index (Phi) is 49.9. The third-order valence-corrected chi connectivity index (χ3v) is 16.5. The number of rotatable bonds is 55. The standard InChI is InChI=1S/C69H125NO13/c1-3-5-7-9-11-13-15-17-19-21-23-25-27-28-29-30-31-33-35-37-39-41-43-45-47-49-51-53-61(74)70-57(56-80-68-66(79)64(77)67(60(55-72)82-68)83-69-65(78)63(76)62(75)59(54-71)81-69)58(73)52-50-48-46-44-42-40-38-36-34-32-26-24-22-20-18-16-14-12-10-8-6-4-2/h5,7,11,13,17,19,23,25,28-29,57-60,62-69,71-73,75-79H,3-4,6,8-10,12,14-16,18,20-22,24,26-27,30-56H2,1-2H3,(H,70,74)/b7-5-,13-11-,19-17-,25-23-,29-28-. The third-order valence-electron chi connectivity index (χ3n) is 16.5. The van der Waals surface area contributed by atoms with E-state index in [2.05, 4.69) is 79.9 Å². The quantitative estimate of drug-likeness (QED) is 0.0204. The molecular formula is C69H125NO13. The van der Waals surface area contributed by atoms with Crippen LogP contribution in [-0.4, -0.2) is 140 Å². The van der Waals surface area contributed by atoms with Crippen molar-refractivity contribution in [2.45, 2.75) is 351 Å². The first kappa shape index (κ1) is 76.8. The summed E-state index contributed by atoms with van der Waals surface area (Å²) in [5.74, 6) is -0.209. The summed E-state index contributed by atoms with van der Waals surface area (Å²) in [4.78, 5) is 13.3. The van der Waals surface area contributed by atoms with E-state index in [1.165, 1.54) is 161 Å². The first-order chi connectivity index (χ1) is 40.6. The van der Waals surface area contributed by atoms with Crippen LogP contribution < -0.4 is 5.32 Å². The van der Waals surface area contributed by atoms with Crippen LogP contribution in [0.3, 0.4) is 0 Å². The van der Waals surface area contributed by atoms with Gasteiger partial charge in [-0.3, -0.25) is 4.79 Å². The molecule has 0 aromatic heterocycles. The summed E-state index contributed by atoms with van der Waals surface area (Å²) in [6, 6.07) is -0.834. The zero-order valence-electron chi connectivity index (χ0n) is 52.4. The molecule has 14 nitrogen and oxygen atoms in total. The molecule has 2 saturated heterocycles. The molecule has 0 saturated carbocycles. The van der Waals surface area contributed by atoms with Crippen molar-refractivity contribution >= 4 is 5.91 Å². The Hall–Kier alpha value is -2.31. The normalized spacial score (nSPS) is 24.2. The van der Waals surface area contributed by atoms with Crippen LogP contribution >= 0.6 is 0 Å². The van der Waals surface area contributed by atoms with Crippen molar-refractivity contribution in [1.29, 1.82) is 0 Å². The number of ether oxygens (including phenoxy) is 4. The van der Waals surface area contributed by atoms with E-state index in [-0.39, 0.29) is 12.5 Å². The van der Waals surface area contributed by atoms with Gasteiger partial charge in [0.1, 0.15) is 48.8 Å². The fourth-order valence-corrected chi connectivity index (χ4v) is 11.1. The fraction of sp³-hybridized carbons (Fsp3) is 0.841. The average Bonchev–Trinajstić information content (AvgIpc) is 3.65. The maximum absolute atomic E-state index is 13.3. The lowest BCUT2D eigenvalue weighted by molar-refractivity contribution is -0.359. The number of nitrogens with one attached hydrogen (secondary N) is 1. The Morgan fingerprint density at radius 3 is 1.28 bits per heavy atom. The van der Waals surface area contributed by atoms with Crippen LogP contribution in [-0.2, 0) is 23.7 Å². The second-order valence-corrected chi connectivity index (χ2v) is 23.9. The number of amides is 1. The summed E-state index contributed by atoms with van der Waals surface area (Å²) in [7, 11) is 0. The lowest BCUT2D eigenvalue weighted by atomic mass is 9.97. The van der Waals surface area contributed by atoms with E-state index in [1.54, 1.807) is 0 Å². The van der Waals surface area contributed by atoms with Crippen molar-refractivity contribution in [2.75, 3.05) is 19.8 Å². The van der Waals surface area contributed by atoms with Crippen molar-refractivity contribution in [1.82, 2.24) is 5.32 Å². The van der Waals surface area contributed by atoms with Crippen LogP contribution in [0.1, 0.15) is 277 Å². The molecule has 0 aromatic rings. The molecule has 0 aromatic carbocycles. The molecule has 2 aliphatic heterocycles. The Bertz CT molecular complexity index is 1620. The van der Waals surface area contributed by atoms with Gasteiger partial charge < -0.3 is 65.1 Å². The molecule has 2 fully saturated rings. The molecule has 2 heterocycles. The van der Waals surface area contributed by atoms with E-state index >= 15 is 0 Å². The molecule has 0 bridgehead atoms.